The van der Waals surface area contributed by atoms with Crippen molar-refractivity contribution in [3.8, 4) is 0 Å². The van der Waals surface area contributed by atoms with Crippen LogP contribution < -0.4 is 10.6 Å². The van der Waals surface area contributed by atoms with Gasteiger partial charge in [0.1, 0.15) is 6.04 Å². The molecule has 0 aromatic heterocycles. The summed E-state index contributed by atoms with van der Waals surface area (Å²) in [6.07, 6.45) is 1.23. The number of nitrogens with one attached hydrogen (secondary N) is 2. The zero-order chi connectivity index (χ0) is 16.5. The topological polar surface area (TPSA) is 67.4 Å². The van der Waals surface area contributed by atoms with E-state index in [4.69, 9.17) is 16.3 Å². The van der Waals surface area contributed by atoms with Crippen molar-refractivity contribution in [2.75, 3.05) is 13.7 Å². The van der Waals surface area contributed by atoms with Gasteiger partial charge >= 0.3 is 12.0 Å². The van der Waals surface area contributed by atoms with Gasteiger partial charge < -0.3 is 15.4 Å². The average molecular weight is 327 g/mol. The van der Waals surface area contributed by atoms with Crippen LogP contribution in [-0.4, -0.2) is 31.7 Å². The van der Waals surface area contributed by atoms with Crippen molar-refractivity contribution < 1.29 is 14.3 Å². The van der Waals surface area contributed by atoms with E-state index in [1.165, 1.54) is 7.11 Å². The van der Waals surface area contributed by atoms with Crippen molar-refractivity contribution in [3.05, 3.63) is 34.9 Å². The minimum absolute atomic E-state index is 0.276. The molecule has 1 atom stereocenters. The smallest absolute Gasteiger partial charge is 0.328 e. The van der Waals surface area contributed by atoms with E-state index in [0.29, 0.717) is 24.4 Å². The summed E-state index contributed by atoms with van der Waals surface area (Å²) in [5.41, 5.74) is 1.08. The molecule has 0 aliphatic rings. The number of urea groups is 1. The van der Waals surface area contributed by atoms with Crippen LogP contribution in [0.25, 0.3) is 0 Å². The number of amides is 2. The van der Waals surface area contributed by atoms with Crippen LogP contribution in [0.4, 0.5) is 4.79 Å². The highest BCUT2D eigenvalue weighted by molar-refractivity contribution is 6.30. The minimum Gasteiger partial charge on any atom is -0.467 e. The monoisotopic (exact) mass is 326 g/mol. The Morgan fingerprint density at radius 1 is 1.23 bits per heavy atom. The zero-order valence-electron chi connectivity index (χ0n) is 13.2. The minimum atomic E-state index is -0.625. The summed E-state index contributed by atoms with van der Waals surface area (Å²) in [5.74, 6) is -0.153. The molecule has 0 saturated carbocycles. The number of ether oxygens (including phenoxy) is 1. The lowest BCUT2D eigenvalue weighted by Crippen LogP contribution is -2.47. The molecule has 6 heteroatoms. The normalized spacial score (nSPS) is 11.9. The summed E-state index contributed by atoms with van der Waals surface area (Å²) in [6.45, 7) is 4.44. The van der Waals surface area contributed by atoms with E-state index < -0.39 is 12.0 Å². The van der Waals surface area contributed by atoms with Gasteiger partial charge in [-0.1, -0.05) is 37.6 Å². The highest BCUT2D eigenvalue weighted by Gasteiger charge is 2.22. The van der Waals surface area contributed by atoms with Crippen LogP contribution in [0.2, 0.25) is 5.02 Å². The maximum atomic E-state index is 11.8. The van der Waals surface area contributed by atoms with E-state index in [0.717, 1.165) is 5.56 Å². The Kier molecular flexibility index (Phi) is 7.74. The predicted octanol–water partition coefficient (Wildman–Crippen LogP) is 2.77. The second kappa shape index (κ2) is 9.30. The first-order valence-corrected chi connectivity index (χ1v) is 7.66. The van der Waals surface area contributed by atoms with Crippen molar-refractivity contribution in [2.45, 2.75) is 32.7 Å². The second-order valence-electron chi connectivity index (χ2n) is 5.48. The van der Waals surface area contributed by atoms with Crippen molar-refractivity contribution in [2.24, 2.45) is 5.92 Å². The Morgan fingerprint density at radius 3 is 2.41 bits per heavy atom. The molecular weight excluding hydrogens is 304 g/mol. The summed E-state index contributed by atoms with van der Waals surface area (Å²) >= 11 is 5.81. The third kappa shape index (κ3) is 6.80. The number of hydrogen-bond donors (Lipinski definition) is 2. The van der Waals surface area contributed by atoms with Gasteiger partial charge in [-0.05, 0) is 36.5 Å². The van der Waals surface area contributed by atoms with Crippen molar-refractivity contribution in [1.29, 1.82) is 0 Å². The van der Waals surface area contributed by atoms with Crippen molar-refractivity contribution >= 4 is 23.6 Å². The molecule has 1 aromatic carbocycles. The highest BCUT2D eigenvalue weighted by atomic mass is 35.5. The van der Waals surface area contributed by atoms with Gasteiger partial charge in [-0.2, -0.15) is 0 Å². The van der Waals surface area contributed by atoms with Gasteiger partial charge in [-0.3, -0.25) is 0 Å². The lowest BCUT2D eigenvalue weighted by Gasteiger charge is -2.18. The number of rotatable bonds is 7. The lowest BCUT2D eigenvalue weighted by atomic mass is 10.0. The highest BCUT2D eigenvalue weighted by Crippen LogP contribution is 2.09. The van der Waals surface area contributed by atoms with E-state index >= 15 is 0 Å². The van der Waals surface area contributed by atoms with E-state index in [1.807, 2.05) is 38.1 Å². The number of halogens is 1. The maximum Gasteiger partial charge on any atom is 0.328 e. The van der Waals surface area contributed by atoms with E-state index in [2.05, 4.69) is 10.6 Å². The molecule has 0 saturated heterocycles. The van der Waals surface area contributed by atoms with Gasteiger partial charge in [0, 0.05) is 11.6 Å². The maximum absolute atomic E-state index is 11.8. The molecule has 1 rings (SSSR count). The molecule has 2 N–H and O–H groups in total. The fourth-order valence-electron chi connectivity index (χ4n) is 2.01. The third-order valence-corrected chi connectivity index (χ3v) is 3.36. The molecule has 5 nitrogen and oxygen atoms in total. The molecule has 0 heterocycles. The van der Waals surface area contributed by atoms with Crippen molar-refractivity contribution in [3.63, 3.8) is 0 Å². The molecule has 0 radical (unpaired) electrons. The van der Waals surface area contributed by atoms with Crippen LogP contribution in [-0.2, 0) is 16.0 Å². The van der Waals surface area contributed by atoms with Crippen LogP contribution in [0, 0.1) is 5.92 Å². The fraction of sp³-hybridized carbons (Fsp3) is 0.500. The summed E-state index contributed by atoms with van der Waals surface area (Å²) in [5, 5.41) is 6.07. The van der Waals surface area contributed by atoms with E-state index in [9.17, 15) is 9.59 Å². The summed E-state index contributed by atoms with van der Waals surface area (Å²) in [6, 6.07) is 6.46. The summed E-state index contributed by atoms with van der Waals surface area (Å²) < 4.78 is 4.71. The predicted molar refractivity (Wildman–Crippen MR) is 86.9 cm³/mol. The Hall–Kier alpha value is -1.75. The fourth-order valence-corrected chi connectivity index (χ4v) is 2.13. The Balaban J connectivity index is 2.39. The number of carbonyl (C=O) groups excluding carboxylic acids is 2. The molecule has 0 aliphatic carbocycles. The quantitative estimate of drug-likeness (QED) is 0.757. The SMILES string of the molecule is COC(=O)[C@@H](CC(C)C)NC(=O)NCCc1ccc(Cl)cc1. The van der Waals surface area contributed by atoms with Gasteiger partial charge in [-0.25, -0.2) is 9.59 Å². The van der Waals surface area contributed by atoms with Crippen molar-refractivity contribution in [1.82, 2.24) is 10.6 Å². The zero-order valence-corrected chi connectivity index (χ0v) is 13.9. The van der Waals surface area contributed by atoms with Crippen LogP contribution in [0.15, 0.2) is 24.3 Å². The Labute approximate surface area is 136 Å². The number of esters is 1. The first-order chi connectivity index (χ1) is 10.4. The molecule has 0 unspecified atom stereocenters. The molecule has 0 spiro atoms. The molecule has 122 valence electrons. The number of benzene rings is 1. The van der Waals surface area contributed by atoms with Crippen LogP contribution in [0.5, 0.6) is 0 Å². The largest absolute Gasteiger partial charge is 0.467 e. The molecule has 22 heavy (non-hydrogen) atoms. The number of carbonyl (C=O) groups is 2. The van der Waals surface area contributed by atoms with Crippen LogP contribution in [0.3, 0.4) is 0 Å². The Morgan fingerprint density at radius 2 is 1.86 bits per heavy atom. The van der Waals surface area contributed by atoms with Gasteiger partial charge in [0.05, 0.1) is 7.11 Å². The standard InChI is InChI=1S/C16H23ClN2O3/c1-11(2)10-14(15(20)22-3)19-16(21)18-9-8-12-4-6-13(17)7-5-12/h4-7,11,14H,8-10H2,1-3H3,(H2,18,19,21)/t14-/m1/s1. The molecule has 2 amide bonds. The molecule has 0 bridgehead atoms. The lowest BCUT2D eigenvalue weighted by molar-refractivity contribution is -0.143. The molecule has 0 fully saturated rings. The third-order valence-electron chi connectivity index (χ3n) is 3.11. The number of methoxy groups -OCH3 is 1. The van der Waals surface area contributed by atoms with E-state index in [-0.39, 0.29) is 11.9 Å². The van der Waals surface area contributed by atoms with E-state index in [1.54, 1.807) is 0 Å². The van der Waals surface area contributed by atoms with Gasteiger partial charge in [0.15, 0.2) is 0 Å². The second-order valence-corrected chi connectivity index (χ2v) is 5.92. The summed E-state index contributed by atoms with van der Waals surface area (Å²) in [7, 11) is 1.32. The first-order valence-electron chi connectivity index (χ1n) is 7.29. The molecular formula is C16H23ClN2O3. The summed E-state index contributed by atoms with van der Waals surface area (Å²) in [4.78, 5) is 23.5. The van der Waals surface area contributed by atoms with Gasteiger partial charge in [0.25, 0.3) is 0 Å². The molecule has 0 aliphatic heterocycles. The Bertz CT molecular complexity index is 489. The van der Waals surface area contributed by atoms with Gasteiger partial charge in [-0.15, -0.1) is 0 Å². The average Bonchev–Trinajstić information content (AvgIpc) is 2.47. The van der Waals surface area contributed by atoms with Crippen LogP contribution >= 0.6 is 11.6 Å². The number of hydrogen-bond acceptors (Lipinski definition) is 3. The van der Waals surface area contributed by atoms with Crippen LogP contribution in [0.1, 0.15) is 25.8 Å². The molecule has 1 aromatic rings. The first kappa shape index (κ1) is 18.3. The van der Waals surface area contributed by atoms with Gasteiger partial charge in [0.2, 0.25) is 0 Å².